The van der Waals surface area contributed by atoms with Crippen molar-refractivity contribution in [2.75, 3.05) is 37.7 Å². The van der Waals surface area contributed by atoms with Crippen molar-refractivity contribution in [2.45, 2.75) is 20.4 Å². The van der Waals surface area contributed by atoms with E-state index in [4.69, 9.17) is 4.74 Å². The van der Waals surface area contributed by atoms with Crippen molar-refractivity contribution < 1.29 is 9.53 Å². The normalized spacial score (nSPS) is 13.9. The highest BCUT2D eigenvalue weighted by atomic mass is 16.5. The second-order valence-electron chi connectivity index (χ2n) is 8.61. The third-order valence-electron chi connectivity index (χ3n) is 6.43. The van der Waals surface area contributed by atoms with Crippen molar-refractivity contribution in [3.63, 3.8) is 0 Å². The molecule has 1 fully saturated rings. The minimum atomic E-state index is -0.195. The van der Waals surface area contributed by atoms with E-state index in [0.717, 1.165) is 22.6 Å². The summed E-state index contributed by atoms with van der Waals surface area (Å²) in [6.45, 7) is 7.05. The molecule has 3 heterocycles. The van der Waals surface area contributed by atoms with Crippen LogP contribution in [-0.4, -0.2) is 57.9 Å². The van der Waals surface area contributed by atoms with Crippen molar-refractivity contribution >= 4 is 22.5 Å². The molecule has 0 bridgehead atoms. The lowest BCUT2D eigenvalue weighted by molar-refractivity contribution is -0.132. The first-order valence-electron chi connectivity index (χ1n) is 12.0. The quantitative estimate of drug-likeness (QED) is 0.432. The first kappa shape index (κ1) is 22.7. The molecule has 5 rings (SSSR count). The number of hydrogen-bond acceptors (Lipinski definition) is 5. The standard InChI is InChI=1S/C27H29N5O3/c1-3-35-24-12-8-7-11-22(24)29-15-17-30(18-16-29)25(33)19-31-14-13-23-26(27(31)34)20(2)28-32(23)21-9-5-4-6-10-21/h4-14H,3,15-19H2,1-2H3. The summed E-state index contributed by atoms with van der Waals surface area (Å²) in [5.74, 6) is 0.804. The summed E-state index contributed by atoms with van der Waals surface area (Å²) in [6.07, 6.45) is 1.69. The lowest BCUT2D eigenvalue weighted by Gasteiger charge is -2.36. The van der Waals surface area contributed by atoms with Crippen LogP contribution in [0, 0.1) is 6.92 Å². The number of rotatable bonds is 6. The number of fused-ring (bicyclic) bond motifs is 1. The highest BCUT2D eigenvalue weighted by molar-refractivity contribution is 5.83. The summed E-state index contributed by atoms with van der Waals surface area (Å²) >= 11 is 0. The number of aromatic nitrogens is 3. The van der Waals surface area contributed by atoms with E-state index in [1.807, 2.05) is 73.3 Å². The van der Waals surface area contributed by atoms with Crippen molar-refractivity contribution in [1.82, 2.24) is 19.2 Å². The van der Waals surface area contributed by atoms with Gasteiger partial charge in [0, 0.05) is 32.4 Å². The van der Waals surface area contributed by atoms with Crippen LogP contribution in [0.4, 0.5) is 5.69 Å². The maximum atomic E-state index is 13.3. The molecule has 0 saturated carbocycles. The van der Waals surface area contributed by atoms with Gasteiger partial charge >= 0.3 is 0 Å². The molecule has 35 heavy (non-hydrogen) atoms. The summed E-state index contributed by atoms with van der Waals surface area (Å²) < 4.78 is 9.03. The largest absolute Gasteiger partial charge is 0.492 e. The fourth-order valence-corrected chi connectivity index (χ4v) is 4.66. The van der Waals surface area contributed by atoms with Crippen LogP contribution in [-0.2, 0) is 11.3 Å². The molecule has 180 valence electrons. The van der Waals surface area contributed by atoms with Crippen LogP contribution in [0.2, 0.25) is 0 Å². The summed E-state index contributed by atoms with van der Waals surface area (Å²) in [4.78, 5) is 30.4. The lowest BCUT2D eigenvalue weighted by atomic mass is 10.2. The van der Waals surface area contributed by atoms with E-state index < -0.39 is 0 Å². The number of piperazine rings is 1. The Morgan fingerprint density at radius 2 is 1.69 bits per heavy atom. The second kappa shape index (κ2) is 9.66. The number of ether oxygens (including phenoxy) is 1. The zero-order valence-electron chi connectivity index (χ0n) is 20.1. The third kappa shape index (κ3) is 4.39. The summed E-state index contributed by atoms with van der Waals surface area (Å²) in [5, 5.41) is 5.12. The number of hydrogen-bond donors (Lipinski definition) is 0. The lowest BCUT2D eigenvalue weighted by Crippen LogP contribution is -2.50. The summed E-state index contributed by atoms with van der Waals surface area (Å²) in [6, 6.07) is 19.6. The van der Waals surface area contributed by atoms with Gasteiger partial charge < -0.3 is 19.1 Å². The van der Waals surface area contributed by atoms with Gasteiger partial charge in [-0.25, -0.2) is 4.68 Å². The van der Waals surface area contributed by atoms with Crippen molar-refractivity contribution in [2.24, 2.45) is 0 Å². The highest BCUT2D eigenvalue weighted by Crippen LogP contribution is 2.29. The number of aryl methyl sites for hydroxylation is 1. The van der Waals surface area contributed by atoms with E-state index in [1.54, 1.807) is 10.9 Å². The number of anilines is 1. The van der Waals surface area contributed by atoms with Crippen LogP contribution in [0.15, 0.2) is 71.7 Å². The van der Waals surface area contributed by atoms with Crippen LogP contribution < -0.4 is 15.2 Å². The Morgan fingerprint density at radius 1 is 0.971 bits per heavy atom. The van der Waals surface area contributed by atoms with Crippen LogP contribution in [0.1, 0.15) is 12.6 Å². The number of carbonyl (C=O) groups is 1. The number of pyridine rings is 1. The summed E-state index contributed by atoms with van der Waals surface area (Å²) in [7, 11) is 0. The van der Waals surface area contributed by atoms with Crippen LogP contribution >= 0.6 is 0 Å². The van der Waals surface area contributed by atoms with Gasteiger partial charge in [-0.2, -0.15) is 5.10 Å². The van der Waals surface area contributed by atoms with Crippen LogP contribution in [0.5, 0.6) is 5.75 Å². The average Bonchev–Trinajstić information content (AvgIpc) is 3.24. The monoisotopic (exact) mass is 471 g/mol. The predicted molar refractivity (Wildman–Crippen MR) is 136 cm³/mol. The summed E-state index contributed by atoms with van der Waals surface area (Å²) in [5.41, 5.74) is 3.14. The van der Waals surface area contributed by atoms with Crippen molar-refractivity contribution in [3.05, 3.63) is 82.9 Å². The zero-order valence-corrected chi connectivity index (χ0v) is 20.1. The van der Waals surface area contributed by atoms with E-state index in [9.17, 15) is 9.59 Å². The first-order valence-corrected chi connectivity index (χ1v) is 12.0. The van der Waals surface area contributed by atoms with Gasteiger partial charge in [0.1, 0.15) is 12.3 Å². The Morgan fingerprint density at radius 3 is 2.43 bits per heavy atom. The Labute approximate surface area is 203 Å². The van der Waals surface area contributed by atoms with E-state index in [2.05, 4.69) is 16.1 Å². The molecule has 1 amide bonds. The van der Waals surface area contributed by atoms with Gasteiger partial charge in [-0.05, 0) is 44.2 Å². The van der Waals surface area contributed by atoms with Gasteiger partial charge in [0.15, 0.2) is 0 Å². The van der Waals surface area contributed by atoms with Gasteiger partial charge in [-0.15, -0.1) is 0 Å². The molecule has 1 aliphatic heterocycles. The fourth-order valence-electron chi connectivity index (χ4n) is 4.66. The molecule has 1 saturated heterocycles. The fraction of sp³-hybridized carbons (Fsp3) is 0.296. The minimum absolute atomic E-state index is 0.0141. The van der Waals surface area contributed by atoms with E-state index >= 15 is 0 Å². The Bertz CT molecular complexity index is 1400. The molecular formula is C27H29N5O3. The minimum Gasteiger partial charge on any atom is -0.492 e. The number of nitrogens with zero attached hydrogens (tertiary/aromatic N) is 5. The topological polar surface area (TPSA) is 72.6 Å². The molecule has 1 aliphatic rings. The molecule has 0 unspecified atom stereocenters. The van der Waals surface area contributed by atoms with E-state index in [-0.39, 0.29) is 18.0 Å². The van der Waals surface area contributed by atoms with Crippen molar-refractivity contribution in [3.8, 4) is 11.4 Å². The van der Waals surface area contributed by atoms with Crippen LogP contribution in [0.3, 0.4) is 0 Å². The molecule has 2 aromatic heterocycles. The van der Waals surface area contributed by atoms with Gasteiger partial charge in [0.05, 0.1) is 34.6 Å². The van der Waals surface area contributed by atoms with Crippen molar-refractivity contribution in [1.29, 1.82) is 0 Å². The SMILES string of the molecule is CCOc1ccccc1N1CCN(C(=O)Cn2ccc3c(c(C)nn3-c3ccccc3)c2=O)CC1. The number of benzene rings is 2. The molecule has 0 spiro atoms. The molecule has 0 radical (unpaired) electrons. The number of para-hydroxylation sites is 3. The molecule has 4 aromatic rings. The maximum absolute atomic E-state index is 13.3. The predicted octanol–water partition coefficient (Wildman–Crippen LogP) is 3.24. The van der Waals surface area contributed by atoms with Crippen LogP contribution in [0.25, 0.3) is 16.6 Å². The maximum Gasteiger partial charge on any atom is 0.262 e. The molecule has 2 aromatic carbocycles. The van der Waals surface area contributed by atoms with Gasteiger partial charge in [0.25, 0.3) is 5.56 Å². The first-order chi connectivity index (χ1) is 17.1. The molecule has 0 N–H and O–H groups in total. The number of amides is 1. The number of carbonyl (C=O) groups excluding carboxylic acids is 1. The Balaban J connectivity index is 1.31. The molecule has 8 nitrogen and oxygen atoms in total. The zero-order chi connectivity index (χ0) is 24.4. The van der Waals surface area contributed by atoms with Gasteiger partial charge in [0.2, 0.25) is 5.91 Å². The molecule has 0 aliphatic carbocycles. The Hall–Kier alpha value is -4.07. The average molecular weight is 472 g/mol. The molecular weight excluding hydrogens is 442 g/mol. The van der Waals surface area contributed by atoms with E-state index in [0.29, 0.717) is 43.9 Å². The second-order valence-corrected chi connectivity index (χ2v) is 8.61. The molecule has 0 atom stereocenters. The van der Waals surface area contributed by atoms with Gasteiger partial charge in [-0.3, -0.25) is 9.59 Å². The van der Waals surface area contributed by atoms with Gasteiger partial charge in [-0.1, -0.05) is 30.3 Å². The smallest absolute Gasteiger partial charge is 0.262 e. The third-order valence-corrected chi connectivity index (χ3v) is 6.43. The molecule has 8 heteroatoms. The Kier molecular flexibility index (Phi) is 6.27. The highest BCUT2D eigenvalue weighted by Gasteiger charge is 2.24. The van der Waals surface area contributed by atoms with E-state index in [1.165, 1.54) is 4.57 Å².